The van der Waals surface area contributed by atoms with Crippen molar-refractivity contribution in [2.75, 3.05) is 39.5 Å². The normalized spacial score (nSPS) is 11.3. The van der Waals surface area contributed by atoms with Gasteiger partial charge in [-0.05, 0) is 74.1 Å². The summed E-state index contributed by atoms with van der Waals surface area (Å²) in [4.78, 5) is 22.1. The molecular weight excluding hydrogens is 464 g/mol. The summed E-state index contributed by atoms with van der Waals surface area (Å²) in [7, 11) is 6.07. The molecule has 1 N–H and O–H groups in total. The van der Waals surface area contributed by atoms with Crippen molar-refractivity contribution in [1.29, 1.82) is 0 Å². The van der Waals surface area contributed by atoms with E-state index in [9.17, 15) is 4.79 Å². The third-order valence-corrected chi connectivity index (χ3v) is 6.11. The number of anilines is 1. The summed E-state index contributed by atoms with van der Waals surface area (Å²) in [5.74, 6) is -0.188. The fraction of sp³-hybridized carbons (Fsp3) is 0.259. The highest BCUT2D eigenvalue weighted by molar-refractivity contribution is 7.80. The zero-order chi connectivity index (χ0) is 24.7. The molecule has 178 valence electrons. The Morgan fingerprint density at radius 2 is 1.76 bits per heavy atom. The third kappa shape index (κ3) is 7.10. The number of thiol groups is 1. The molecule has 0 heterocycles. The van der Waals surface area contributed by atoms with E-state index in [4.69, 9.17) is 11.6 Å². The smallest absolute Gasteiger partial charge is 0.255 e. The number of amides is 1. The molecule has 3 rings (SSSR count). The molecule has 3 aromatic rings. The largest absolute Gasteiger partial charge is 0.364 e. The maximum atomic E-state index is 12.8. The Balaban J connectivity index is 1.66. The second kappa shape index (κ2) is 12.1. The maximum Gasteiger partial charge on any atom is 0.255 e. The third-order valence-electron chi connectivity index (χ3n) is 5.42. The molecule has 0 spiro atoms. The highest BCUT2D eigenvalue weighted by atomic mass is 35.5. The first-order valence-corrected chi connectivity index (χ1v) is 12.0. The van der Waals surface area contributed by atoms with Gasteiger partial charge in [-0.1, -0.05) is 36.7 Å². The lowest BCUT2D eigenvalue weighted by atomic mass is 10.0. The quantitative estimate of drug-likeness (QED) is 0.209. The Hall–Kier alpha value is -2.80. The van der Waals surface area contributed by atoms with Gasteiger partial charge in [-0.3, -0.25) is 4.79 Å². The number of carbonyl (C=O) groups is 1. The Kier molecular flexibility index (Phi) is 9.16. The number of likely N-dealkylation sites (N-methyl/N-ethyl adjacent to an activating group) is 2. The topological polar surface area (TPSA) is 47.9 Å². The second-order valence-corrected chi connectivity index (χ2v) is 9.32. The molecule has 0 aliphatic rings. The van der Waals surface area contributed by atoms with Crippen LogP contribution in [0, 0.1) is 0 Å². The number of rotatable bonds is 9. The summed E-state index contributed by atoms with van der Waals surface area (Å²) < 4.78 is 0. The molecule has 1 amide bonds. The molecule has 0 bridgehead atoms. The van der Waals surface area contributed by atoms with Crippen LogP contribution < -0.4 is 5.32 Å². The molecule has 34 heavy (non-hydrogen) atoms. The molecule has 0 aliphatic heterocycles. The lowest BCUT2D eigenvalue weighted by Gasteiger charge is -2.16. The molecule has 0 radical (unpaired) electrons. The van der Waals surface area contributed by atoms with E-state index in [0.717, 1.165) is 36.3 Å². The van der Waals surface area contributed by atoms with E-state index in [1.807, 2.05) is 74.6 Å². The van der Waals surface area contributed by atoms with Crippen LogP contribution in [0.4, 0.5) is 11.4 Å². The van der Waals surface area contributed by atoms with Gasteiger partial charge in [-0.15, -0.1) is 12.6 Å². The molecule has 0 unspecified atom stereocenters. The molecule has 0 fully saturated rings. The van der Waals surface area contributed by atoms with Gasteiger partial charge in [0.2, 0.25) is 0 Å². The molecule has 0 aromatic heterocycles. The predicted octanol–water partition coefficient (Wildman–Crippen LogP) is 6.26. The fourth-order valence-corrected chi connectivity index (χ4v) is 3.80. The van der Waals surface area contributed by atoms with Crippen molar-refractivity contribution in [2.24, 2.45) is 4.99 Å². The van der Waals surface area contributed by atoms with Crippen LogP contribution in [0.25, 0.3) is 11.1 Å². The molecule has 0 aliphatic carbocycles. The first-order valence-electron chi connectivity index (χ1n) is 11.2. The Bertz CT molecular complexity index is 1160. The molecule has 7 heteroatoms. The second-order valence-electron chi connectivity index (χ2n) is 8.43. The zero-order valence-corrected chi connectivity index (χ0v) is 21.7. The van der Waals surface area contributed by atoms with Gasteiger partial charge in [0.1, 0.15) is 0 Å². The number of hydrogen-bond donors (Lipinski definition) is 2. The minimum Gasteiger partial charge on any atom is -0.364 e. The summed E-state index contributed by atoms with van der Waals surface area (Å²) in [5, 5.41) is 3.63. The predicted molar refractivity (Wildman–Crippen MR) is 147 cm³/mol. The van der Waals surface area contributed by atoms with E-state index < -0.39 is 0 Å². The average molecular weight is 495 g/mol. The molecule has 3 aromatic carbocycles. The molecular formula is C27H31ClN4OS. The average Bonchev–Trinajstić information content (AvgIpc) is 2.82. The van der Waals surface area contributed by atoms with E-state index in [1.165, 1.54) is 5.56 Å². The van der Waals surface area contributed by atoms with Crippen molar-refractivity contribution in [3.63, 3.8) is 0 Å². The minimum absolute atomic E-state index is 0.188. The Morgan fingerprint density at radius 3 is 2.41 bits per heavy atom. The van der Waals surface area contributed by atoms with Crippen LogP contribution in [0.1, 0.15) is 22.8 Å². The number of benzene rings is 3. The van der Waals surface area contributed by atoms with E-state index in [2.05, 4.69) is 40.8 Å². The van der Waals surface area contributed by atoms with Gasteiger partial charge in [0.05, 0.1) is 12.0 Å². The Morgan fingerprint density at radius 1 is 1.03 bits per heavy atom. The fourth-order valence-electron chi connectivity index (χ4n) is 3.30. The highest BCUT2D eigenvalue weighted by Crippen LogP contribution is 2.30. The SMILES string of the molecule is CCc1ccc(Cl)c(-c2ccc(C(=O)Nc3ccc(N=CN(C)CCN(C)C)c(S)c3)cc2)c1. The molecule has 5 nitrogen and oxygen atoms in total. The van der Waals surface area contributed by atoms with Gasteiger partial charge in [-0.25, -0.2) is 4.99 Å². The van der Waals surface area contributed by atoms with Crippen LogP contribution >= 0.6 is 24.2 Å². The monoisotopic (exact) mass is 494 g/mol. The molecule has 0 saturated carbocycles. The molecule has 0 saturated heterocycles. The van der Waals surface area contributed by atoms with Crippen molar-refractivity contribution >= 4 is 47.9 Å². The number of aryl methyl sites for hydroxylation is 1. The van der Waals surface area contributed by atoms with Gasteiger partial charge in [0, 0.05) is 46.9 Å². The van der Waals surface area contributed by atoms with Crippen LogP contribution in [0.15, 0.2) is 70.6 Å². The molecule has 0 atom stereocenters. The van der Waals surface area contributed by atoms with Gasteiger partial charge in [0.15, 0.2) is 0 Å². The van der Waals surface area contributed by atoms with Crippen LogP contribution in [-0.4, -0.2) is 56.3 Å². The number of hydrogen-bond acceptors (Lipinski definition) is 4. The summed E-state index contributed by atoms with van der Waals surface area (Å²) in [6.45, 7) is 3.93. The standard InChI is InChI=1S/C27H31ClN4OS/c1-5-19-6-12-24(28)23(16-19)20-7-9-21(10-8-20)27(33)30-22-11-13-25(26(34)17-22)29-18-32(4)15-14-31(2)3/h6-13,16-18,34H,5,14-15H2,1-4H3,(H,30,33). The van der Waals surface area contributed by atoms with E-state index in [1.54, 1.807) is 12.4 Å². The van der Waals surface area contributed by atoms with E-state index in [0.29, 0.717) is 21.2 Å². The highest BCUT2D eigenvalue weighted by Gasteiger charge is 2.10. The van der Waals surface area contributed by atoms with Crippen LogP contribution in [0.2, 0.25) is 5.02 Å². The number of nitrogens with zero attached hydrogens (tertiary/aromatic N) is 3. The van der Waals surface area contributed by atoms with E-state index in [-0.39, 0.29) is 5.91 Å². The first kappa shape index (κ1) is 25.8. The van der Waals surface area contributed by atoms with Crippen LogP contribution in [-0.2, 0) is 6.42 Å². The van der Waals surface area contributed by atoms with Gasteiger partial charge in [0.25, 0.3) is 5.91 Å². The van der Waals surface area contributed by atoms with Crippen molar-refractivity contribution < 1.29 is 4.79 Å². The number of halogens is 1. The van der Waals surface area contributed by atoms with Crippen LogP contribution in [0.5, 0.6) is 0 Å². The van der Waals surface area contributed by atoms with Gasteiger partial charge >= 0.3 is 0 Å². The maximum absolute atomic E-state index is 12.8. The Labute approximate surface area is 212 Å². The van der Waals surface area contributed by atoms with Gasteiger partial charge < -0.3 is 15.1 Å². The summed E-state index contributed by atoms with van der Waals surface area (Å²) in [5.41, 5.74) is 5.14. The lowest BCUT2D eigenvalue weighted by Crippen LogP contribution is -2.27. The van der Waals surface area contributed by atoms with Crippen LogP contribution in [0.3, 0.4) is 0 Å². The summed E-state index contributed by atoms with van der Waals surface area (Å²) in [6.07, 6.45) is 2.73. The summed E-state index contributed by atoms with van der Waals surface area (Å²) in [6, 6.07) is 19.0. The van der Waals surface area contributed by atoms with Crippen molar-refractivity contribution in [3.8, 4) is 11.1 Å². The number of carbonyl (C=O) groups excluding carboxylic acids is 1. The van der Waals surface area contributed by atoms with E-state index >= 15 is 0 Å². The first-order chi connectivity index (χ1) is 16.3. The van der Waals surface area contributed by atoms with Gasteiger partial charge in [-0.2, -0.15) is 0 Å². The lowest BCUT2D eigenvalue weighted by molar-refractivity contribution is 0.102. The van der Waals surface area contributed by atoms with Crippen molar-refractivity contribution in [2.45, 2.75) is 18.2 Å². The zero-order valence-electron chi connectivity index (χ0n) is 20.0. The van der Waals surface area contributed by atoms with Crippen molar-refractivity contribution in [3.05, 3.63) is 76.8 Å². The number of aliphatic imine (C=N–C) groups is 1. The number of nitrogens with one attached hydrogen (secondary N) is 1. The summed E-state index contributed by atoms with van der Waals surface area (Å²) >= 11 is 10.9. The van der Waals surface area contributed by atoms with Crippen molar-refractivity contribution in [1.82, 2.24) is 9.80 Å². The minimum atomic E-state index is -0.188.